The molecule has 47 heavy (non-hydrogen) atoms. The van der Waals surface area contributed by atoms with Crippen molar-refractivity contribution in [3.63, 3.8) is 0 Å². The van der Waals surface area contributed by atoms with Crippen molar-refractivity contribution in [2.45, 2.75) is 42.1 Å². The molecule has 3 aliphatic rings. The van der Waals surface area contributed by atoms with Crippen molar-refractivity contribution in [2.24, 2.45) is 5.16 Å². The maximum atomic E-state index is 15.5. The zero-order chi connectivity index (χ0) is 33.0. The van der Waals surface area contributed by atoms with Crippen LogP contribution in [0.3, 0.4) is 0 Å². The Balaban J connectivity index is 1.13. The number of nitrogens with two attached hydrogens (primary N) is 1. The van der Waals surface area contributed by atoms with E-state index in [1.54, 1.807) is 12.3 Å². The van der Waals surface area contributed by atoms with Gasteiger partial charge in [-0.25, -0.2) is 14.4 Å². The number of aryl methyl sites for hydroxylation is 1. The summed E-state index contributed by atoms with van der Waals surface area (Å²) in [7, 11) is 1.27. The van der Waals surface area contributed by atoms with Crippen LogP contribution in [0.4, 0.5) is 9.52 Å². The summed E-state index contributed by atoms with van der Waals surface area (Å²) in [6.07, 6.45) is 5.69. The monoisotopic (exact) mass is 694 g/mol. The minimum absolute atomic E-state index is 0.166. The molecule has 242 valence electrons. The lowest BCUT2D eigenvalue weighted by Gasteiger charge is -2.50. The number of anilines is 1. The number of H-pyrrole nitrogens is 1. The lowest BCUT2D eigenvalue weighted by molar-refractivity contribution is -0.675. The number of nitrogens with zero attached hydrogens (tertiary/aromatic N) is 5. The average Bonchev–Trinajstić information content (AvgIpc) is 3.66. The fourth-order valence-corrected chi connectivity index (χ4v) is 8.74. The zero-order valence-electron chi connectivity index (χ0n) is 25.0. The first-order valence-electron chi connectivity index (χ1n) is 14.5. The summed E-state index contributed by atoms with van der Waals surface area (Å²) in [5.74, 6) is -2.27. The van der Waals surface area contributed by atoms with Crippen molar-refractivity contribution in [3.05, 3.63) is 64.4 Å². The van der Waals surface area contributed by atoms with Crippen LogP contribution in [0.25, 0.3) is 22.3 Å². The topological polar surface area (TPSA) is 183 Å². The Bertz CT molecular complexity index is 2020. The number of hydrogen-bond acceptors (Lipinski definition) is 12. The number of carboxylic acids is 1. The van der Waals surface area contributed by atoms with Gasteiger partial charge in [-0.1, -0.05) is 5.16 Å². The summed E-state index contributed by atoms with van der Waals surface area (Å²) in [5.41, 5.74) is 8.02. The molecule has 2 aliphatic heterocycles. The van der Waals surface area contributed by atoms with E-state index in [2.05, 4.69) is 30.0 Å². The number of nitrogen functional groups attached to an aromatic ring is 1. The number of amides is 2. The number of aliphatic carboxylic acids is 1. The molecule has 1 aromatic carbocycles. The molecule has 5 heterocycles. The van der Waals surface area contributed by atoms with Gasteiger partial charge in [-0.3, -0.25) is 14.5 Å². The highest BCUT2D eigenvalue weighted by molar-refractivity contribution is 8.01. The molecule has 4 aromatic rings. The number of thioether (sulfide) groups is 2. The first kappa shape index (κ1) is 31.1. The molecule has 0 spiro atoms. The van der Waals surface area contributed by atoms with Crippen molar-refractivity contribution in [2.75, 3.05) is 24.3 Å². The minimum atomic E-state index is -1.49. The average molecular weight is 695 g/mol. The molecule has 2 atom stereocenters. The normalized spacial score (nSPS) is 19.5. The van der Waals surface area contributed by atoms with Gasteiger partial charge in [-0.05, 0) is 18.6 Å². The van der Waals surface area contributed by atoms with E-state index in [9.17, 15) is 19.5 Å². The number of oxime groups is 1. The van der Waals surface area contributed by atoms with Crippen molar-refractivity contribution in [1.29, 1.82) is 0 Å². The highest BCUT2D eigenvalue weighted by Gasteiger charge is 2.53. The molecule has 17 heteroatoms. The fraction of sp³-hybridized carbons (Fsp3) is 0.300. The van der Waals surface area contributed by atoms with E-state index >= 15 is 4.39 Å². The van der Waals surface area contributed by atoms with E-state index in [1.165, 1.54) is 42.1 Å². The number of carbonyl (C=O) groups excluding carboxylic acids is 3. The van der Waals surface area contributed by atoms with Gasteiger partial charge in [0.1, 0.15) is 35.9 Å². The molecule has 3 aromatic heterocycles. The number of aromatic amines is 1. The van der Waals surface area contributed by atoms with Crippen LogP contribution in [0.5, 0.6) is 0 Å². The maximum absolute atomic E-state index is 15.5. The number of thiazole rings is 1. The lowest BCUT2D eigenvalue weighted by Crippen LogP contribution is -2.71. The Hall–Kier alpha value is -4.48. The van der Waals surface area contributed by atoms with Gasteiger partial charge >= 0.3 is 0 Å². The van der Waals surface area contributed by atoms with Gasteiger partial charge in [-0.15, -0.1) is 34.9 Å². The van der Waals surface area contributed by atoms with Gasteiger partial charge in [0.25, 0.3) is 11.8 Å². The summed E-state index contributed by atoms with van der Waals surface area (Å²) < 4.78 is 17.6. The SMILES string of the molecule is CO/N=C(\C(=O)NC1C(=O)N2C(C(=O)[O-])=C(CSc3cc[n+](C4CC4)c4cc(-c5ncc(C)[nH]5)c(F)cc34)CS[C@H]12)c1csc(N)n1. The maximum Gasteiger partial charge on any atom is 0.276 e. The van der Waals surface area contributed by atoms with Gasteiger partial charge in [0.05, 0.1) is 22.6 Å². The quantitative estimate of drug-likeness (QED) is 0.0729. The number of β-lactam (4-membered cyclic amide) rings is 1. The molecule has 2 amide bonds. The van der Waals surface area contributed by atoms with Gasteiger partial charge in [-0.2, -0.15) is 4.57 Å². The Morgan fingerprint density at radius 2 is 2.17 bits per heavy atom. The molecule has 7 rings (SSSR count). The summed E-state index contributed by atoms with van der Waals surface area (Å²) in [6.45, 7) is 1.86. The molecular weight excluding hydrogens is 668 g/mol. The van der Waals surface area contributed by atoms with Crippen LogP contribution in [0.2, 0.25) is 0 Å². The molecule has 13 nitrogen and oxygen atoms in total. The zero-order valence-corrected chi connectivity index (χ0v) is 27.4. The van der Waals surface area contributed by atoms with Crippen LogP contribution in [-0.4, -0.2) is 73.4 Å². The number of pyridine rings is 1. The Morgan fingerprint density at radius 3 is 2.83 bits per heavy atom. The lowest BCUT2D eigenvalue weighted by atomic mass is 10.0. The number of halogens is 1. The van der Waals surface area contributed by atoms with Crippen LogP contribution in [-0.2, 0) is 19.2 Å². The second-order valence-corrected chi connectivity index (χ2v) is 14.2. The first-order valence-corrected chi connectivity index (χ1v) is 17.4. The van der Waals surface area contributed by atoms with Crippen molar-refractivity contribution >= 4 is 74.4 Å². The number of aromatic nitrogens is 4. The Morgan fingerprint density at radius 1 is 1.36 bits per heavy atom. The fourth-order valence-electron chi connectivity index (χ4n) is 5.67. The number of nitrogens with one attached hydrogen (secondary N) is 2. The van der Waals surface area contributed by atoms with Crippen molar-refractivity contribution < 1.29 is 33.3 Å². The molecular formula is C30H27FN8O5S3. The smallest absolute Gasteiger partial charge is 0.276 e. The van der Waals surface area contributed by atoms with Crippen molar-refractivity contribution in [3.8, 4) is 11.4 Å². The number of rotatable bonds is 10. The number of carboxylic acid groups (broad SMARTS) is 1. The number of fused-ring (bicyclic) bond motifs is 2. The second kappa shape index (κ2) is 12.3. The van der Waals surface area contributed by atoms with Crippen LogP contribution in [0.1, 0.15) is 30.3 Å². The molecule has 1 unspecified atom stereocenters. The molecule has 1 saturated carbocycles. The Labute approximate surface area is 279 Å². The van der Waals surface area contributed by atoms with E-state index in [1.807, 2.05) is 19.2 Å². The molecule has 1 aliphatic carbocycles. The summed E-state index contributed by atoms with van der Waals surface area (Å²) in [6, 6.07) is 4.54. The number of carbonyl (C=O) groups is 3. The predicted molar refractivity (Wildman–Crippen MR) is 173 cm³/mol. The molecule has 0 radical (unpaired) electrons. The van der Waals surface area contributed by atoms with Crippen LogP contribution in [0.15, 0.2) is 57.3 Å². The third-order valence-corrected chi connectivity index (χ3v) is 11.2. The van der Waals surface area contributed by atoms with Crippen molar-refractivity contribution in [1.82, 2.24) is 25.2 Å². The largest absolute Gasteiger partial charge is 0.543 e. The van der Waals surface area contributed by atoms with E-state index < -0.39 is 35.0 Å². The van der Waals surface area contributed by atoms with Gasteiger partial charge in [0, 0.05) is 58.6 Å². The number of hydrogen-bond donors (Lipinski definition) is 3. The number of benzene rings is 1. The standard InChI is InChI=1S/C30H27FN8O5S3/c1-13-9-33-25(34-13)16-8-20-17(7-18(16)31)21(5-6-38(20)15-3-4-15)45-10-14-11-46-28-23(27(41)39(28)24(14)29(42)43)36-26(40)22(37-44-2)19-12-47-30(32)35-19/h5-9,12,15,23,28H,3-4,10-11H2,1-2H3,(H4,32,35,36,40,42,43)/b37-22-/t23?,28-/m1/s1. The minimum Gasteiger partial charge on any atom is -0.543 e. The third-order valence-electron chi connectivity index (χ3n) is 8.01. The molecule has 1 saturated heterocycles. The molecule has 0 bridgehead atoms. The van der Waals surface area contributed by atoms with Crippen LogP contribution in [0, 0.1) is 12.7 Å². The van der Waals surface area contributed by atoms with E-state index in [0.717, 1.165) is 45.2 Å². The summed E-state index contributed by atoms with van der Waals surface area (Å²) in [5, 5.41) is 20.6. The highest BCUT2D eigenvalue weighted by atomic mass is 32.2. The molecule has 2 fully saturated rings. The van der Waals surface area contributed by atoms with E-state index in [4.69, 9.17) is 10.6 Å². The van der Waals surface area contributed by atoms with Gasteiger partial charge in [0.15, 0.2) is 23.1 Å². The number of imidazole rings is 1. The van der Waals surface area contributed by atoms with E-state index in [0.29, 0.717) is 28.4 Å². The van der Waals surface area contributed by atoms with E-state index in [-0.39, 0.29) is 33.7 Å². The Kier molecular flexibility index (Phi) is 8.13. The first-order chi connectivity index (χ1) is 22.6. The summed E-state index contributed by atoms with van der Waals surface area (Å²) in [4.78, 5) is 56.9. The second-order valence-electron chi connectivity index (χ2n) is 11.2. The highest BCUT2D eigenvalue weighted by Crippen LogP contribution is 2.42. The predicted octanol–water partition coefficient (Wildman–Crippen LogP) is 1.89. The summed E-state index contributed by atoms with van der Waals surface area (Å²) >= 11 is 3.80. The molecule has 4 N–H and O–H groups in total. The van der Waals surface area contributed by atoms with Crippen LogP contribution >= 0.6 is 34.9 Å². The third kappa shape index (κ3) is 5.72. The van der Waals surface area contributed by atoms with Gasteiger partial charge in [0.2, 0.25) is 5.52 Å². The van der Waals surface area contributed by atoms with Gasteiger partial charge < -0.3 is 30.8 Å². The van der Waals surface area contributed by atoms with Crippen LogP contribution < -0.4 is 20.7 Å².